The SMILES string of the molecule is Fc1cccc(-c2cc(CNC3CCCOC3)on2)c1. The van der Waals surface area contributed by atoms with Crippen LogP contribution >= 0.6 is 0 Å². The zero-order valence-electron chi connectivity index (χ0n) is 11.1. The molecule has 0 saturated carbocycles. The minimum Gasteiger partial charge on any atom is -0.380 e. The van der Waals surface area contributed by atoms with Crippen LogP contribution in [0.15, 0.2) is 34.9 Å². The molecule has 5 heteroatoms. The lowest BCUT2D eigenvalue weighted by atomic mass is 10.1. The summed E-state index contributed by atoms with van der Waals surface area (Å²) in [5.41, 5.74) is 1.38. The molecule has 1 fully saturated rings. The molecule has 20 heavy (non-hydrogen) atoms. The smallest absolute Gasteiger partial charge is 0.151 e. The average Bonchev–Trinajstić information content (AvgIpc) is 2.95. The molecule has 0 bridgehead atoms. The van der Waals surface area contributed by atoms with E-state index in [1.807, 2.05) is 12.1 Å². The Bertz CT molecular complexity index is 565. The molecule has 2 heterocycles. The number of nitrogens with one attached hydrogen (secondary N) is 1. The highest BCUT2D eigenvalue weighted by Crippen LogP contribution is 2.20. The van der Waals surface area contributed by atoms with Crippen LogP contribution < -0.4 is 5.32 Å². The van der Waals surface area contributed by atoms with E-state index in [-0.39, 0.29) is 5.82 Å². The van der Waals surface area contributed by atoms with E-state index in [2.05, 4.69) is 10.5 Å². The molecule has 1 aromatic carbocycles. The van der Waals surface area contributed by atoms with E-state index in [1.54, 1.807) is 6.07 Å². The molecule has 1 aromatic heterocycles. The van der Waals surface area contributed by atoms with Crippen molar-refractivity contribution in [3.63, 3.8) is 0 Å². The number of ether oxygens (including phenoxy) is 1. The number of nitrogens with zero attached hydrogens (tertiary/aromatic N) is 1. The minimum absolute atomic E-state index is 0.274. The second-order valence-electron chi connectivity index (χ2n) is 4.98. The lowest BCUT2D eigenvalue weighted by molar-refractivity contribution is 0.0691. The largest absolute Gasteiger partial charge is 0.380 e. The first-order chi connectivity index (χ1) is 9.81. The predicted octanol–water partition coefficient (Wildman–Crippen LogP) is 2.75. The first-order valence-corrected chi connectivity index (χ1v) is 6.84. The quantitative estimate of drug-likeness (QED) is 0.932. The van der Waals surface area contributed by atoms with Crippen molar-refractivity contribution in [1.82, 2.24) is 10.5 Å². The van der Waals surface area contributed by atoms with Crippen LogP contribution in [0.25, 0.3) is 11.3 Å². The number of aromatic nitrogens is 1. The van der Waals surface area contributed by atoms with E-state index in [9.17, 15) is 4.39 Å². The van der Waals surface area contributed by atoms with Crippen molar-refractivity contribution in [2.24, 2.45) is 0 Å². The van der Waals surface area contributed by atoms with E-state index in [4.69, 9.17) is 9.26 Å². The Hall–Kier alpha value is -1.72. The monoisotopic (exact) mass is 276 g/mol. The molecule has 0 amide bonds. The molecule has 1 saturated heterocycles. The summed E-state index contributed by atoms with van der Waals surface area (Å²) in [7, 11) is 0. The number of rotatable bonds is 4. The van der Waals surface area contributed by atoms with E-state index < -0.39 is 0 Å². The van der Waals surface area contributed by atoms with Crippen LogP contribution in [0.4, 0.5) is 4.39 Å². The maximum absolute atomic E-state index is 13.2. The number of halogens is 1. The average molecular weight is 276 g/mol. The molecule has 1 unspecified atom stereocenters. The fraction of sp³-hybridized carbons (Fsp3) is 0.400. The van der Waals surface area contributed by atoms with Gasteiger partial charge in [-0.2, -0.15) is 0 Å². The van der Waals surface area contributed by atoms with E-state index in [0.717, 1.165) is 37.4 Å². The lowest BCUT2D eigenvalue weighted by Crippen LogP contribution is -2.36. The Morgan fingerprint density at radius 1 is 1.35 bits per heavy atom. The van der Waals surface area contributed by atoms with Gasteiger partial charge in [0.25, 0.3) is 0 Å². The number of hydrogen-bond donors (Lipinski definition) is 1. The maximum atomic E-state index is 13.2. The first-order valence-electron chi connectivity index (χ1n) is 6.84. The van der Waals surface area contributed by atoms with Gasteiger partial charge in [0.15, 0.2) is 5.76 Å². The van der Waals surface area contributed by atoms with Gasteiger partial charge in [0.2, 0.25) is 0 Å². The Morgan fingerprint density at radius 2 is 2.30 bits per heavy atom. The Kier molecular flexibility index (Phi) is 4.08. The van der Waals surface area contributed by atoms with Crippen molar-refractivity contribution in [1.29, 1.82) is 0 Å². The summed E-state index contributed by atoms with van der Waals surface area (Å²) in [6, 6.07) is 8.54. The zero-order chi connectivity index (χ0) is 13.8. The van der Waals surface area contributed by atoms with Gasteiger partial charge in [-0.15, -0.1) is 0 Å². The molecule has 0 radical (unpaired) electrons. The molecule has 1 atom stereocenters. The maximum Gasteiger partial charge on any atom is 0.151 e. The summed E-state index contributed by atoms with van der Waals surface area (Å²) in [5, 5.41) is 7.36. The highest BCUT2D eigenvalue weighted by molar-refractivity contribution is 5.58. The summed E-state index contributed by atoms with van der Waals surface area (Å²) >= 11 is 0. The van der Waals surface area contributed by atoms with Crippen LogP contribution in [0.2, 0.25) is 0 Å². The molecule has 1 aliphatic rings. The van der Waals surface area contributed by atoms with Gasteiger partial charge in [-0.3, -0.25) is 0 Å². The van der Waals surface area contributed by atoms with Gasteiger partial charge in [0, 0.05) is 24.3 Å². The normalized spacial score (nSPS) is 19.1. The highest BCUT2D eigenvalue weighted by Gasteiger charge is 2.14. The van der Waals surface area contributed by atoms with Crippen LogP contribution in [-0.2, 0) is 11.3 Å². The summed E-state index contributed by atoms with van der Waals surface area (Å²) < 4.78 is 23.8. The van der Waals surface area contributed by atoms with Gasteiger partial charge >= 0.3 is 0 Å². The molecule has 0 aliphatic carbocycles. The van der Waals surface area contributed by atoms with Crippen molar-refractivity contribution in [3.8, 4) is 11.3 Å². The van der Waals surface area contributed by atoms with Crippen LogP contribution in [0.1, 0.15) is 18.6 Å². The van der Waals surface area contributed by atoms with Crippen LogP contribution in [-0.4, -0.2) is 24.4 Å². The van der Waals surface area contributed by atoms with Crippen molar-refractivity contribution in [2.75, 3.05) is 13.2 Å². The molecule has 3 rings (SSSR count). The van der Waals surface area contributed by atoms with Crippen molar-refractivity contribution >= 4 is 0 Å². The standard InChI is InChI=1S/C15H17FN2O2/c16-12-4-1-3-11(7-12)15-8-14(20-18-15)9-17-13-5-2-6-19-10-13/h1,3-4,7-8,13,17H,2,5-6,9-10H2. The molecule has 0 spiro atoms. The zero-order valence-corrected chi connectivity index (χ0v) is 11.1. The Labute approximate surface area is 116 Å². The summed E-state index contributed by atoms with van der Waals surface area (Å²) in [5.74, 6) is 0.472. The van der Waals surface area contributed by atoms with Crippen molar-refractivity contribution in [3.05, 3.63) is 41.9 Å². The molecular formula is C15H17FN2O2. The van der Waals surface area contributed by atoms with Gasteiger partial charge < -0.3 is 14.6 Å². The van der Waals surface area contributed by atoms with Gasteiger partial charge in [-0.25, -0.2) is 4.39 Å². The van der Waals surface area contributed by atoms with Crippen LogP contribution in [0.3, 0.4) is 0 Å². The van der Waals surface area contributed by atoms with E-state index in [0.29, 0.717) is 18.3 Å². The third-order valence-electron chi connectivity index (χ3n) is 3.40. The number of benzene rings is 1. The molecule has 4 nitrogen and oxygen atoms in total. The van der Waals surface area contributed by atoms with Crippen molar-refractivity contribution in [2.45, 2.75) is 25.4 Å². The third-order valence-corrected chi connectivity index (χ3v) is 3.40. The number of hydrogen-bond acceptors (Lipinski definition) is 4. The van der Waals surface area contributed by atoms with Crippen molar-refractivity contribution < 1.29 is 13.7 Å². The Morgan fingerprint density at radius 3 is 3.10 bits per heavy atom. The Balaban J connectivity index is 1.61. The fourth-order valence-electron chi connectivity index (χ4n) is 2.33. The van der Waals surface area contributed by atoms with Gasteiger partial charge in [0.1, 0.15) is 11.5 Å². The summed E-state index contributed by atoms with van der Waals surface area (Å²) in [6.07, 6.45) is 2.20. The van der Waals surface area contributed by atoms with E-state index >= 15 is 0 Å². The van der Waals surface area contributed by atoms with Gasteiger partial charge in [0.05, 0.1) is 13.2 Å². The summed E-state index contributed by atoms with van der Waals surface area (Å²) in [6.45, 7) is 2.20. The topological polar surface area (TPSA) is 47.3 Å². The second-order valence-corrected chi connectivity index (χ2v) is 4.98. The second kappa shape index (κ2) is 6.15. The van der Waals surface area contributed by atoms with Crippen LogP contribution in [0, 0.1) is 5.82 Å². The van der Waals surface area contributed by atoms with Gasteiger partial charge in [-0.1, -0.05) is 17.3 Å². The lowest BCUT2D eigenvalue weighted by Gasteiger charge is -2.22. The molecule has 1 aliphatic heterocycles. The fourth-order valence-corrected chi connectivity index (χ4v) is 2.33. The van der Waals surface area contributed by atoms with Crippen LogP contribution in [0.5, 0.6) is 0 Å². The third kappa shape index (κ3) is 3.23. The molecular weight excluding hydrogens is 259 g/mol. The summed E-state index contributed by atoms with van der Waals surface area (Å²) in [4.78, 5) is 0. The van der Waals surface area contributed by atoms with E-state index in [1.165, 1.54) is 12.1 Å². The molecule has 2 aromatic rings. The predicted molar refractivity (Wildman–Crippen MR) is 72.6 cm³/mol. The molecule has 1 N–H and O–H groups in total. The highest BCUT2D eigenvalue weighted by atomic mass is 19.1. The minimum atomic E-state index is -0.274. The van der Waals surface area contributed by atoms with Gasteiger partial charge in [-0.05, 0) is 25.0 Å². The molecule has 106 valence electrons. The first kappa shape index (κ1) is 13.3.